The van der Waals surface area contributed by atoms with Crippen LogP contribution >= 0.6 is 0 Å². The van der Waals surface area contributed by atoms with Crippen molar-refractivity contribution in [3.05, 3.63) is 64.7 Å². The van der Waals surface area contributed by atoms with Gasteiger partial charge in [-0.2, -0.15) is 0 Å². The van der Waals surface area contributed by atoms with Crippen molar-refractivity contribution in [3.8, 4) is 0 Å². The van der Waals surface area contributed by atoms with E-state index >= 15 is 0 Å². The summed E-state index contributed by atoms with van der Waals surface area (Å²) in [6.45, 7) is 6.27. The number of furan rings is 1. The van der Waals surface area contributed by atoms with E-state index in [1.165, 1.54) is 12.1 Å². The third-order valence-corrected chi connectivity index (χ3v) is 5.22. The second kappa shape index (κ2) is 7.24. The van der Waals surface area contributed by atoms with Gasteiger partial charge in [0, 0.05) is 28.7 Å². The summed E-state index contributed by atoms with van der Waals surface area (Å²) < 4.78 is 19.6. The van der Waals surface area contributed by atoms with Crippen molar-refractivity contribution in [2.24, 2.45) is 5.92 Å². The van der Waals surface area contributed by atoms with E-state index in [-0.39, 0.29) is 29.7 Å². The SMILES string of the molecule is Cc1c([C@H](NC(=O)Nc2ccc3c(c2)CNC3=O)C(C)C)oc2ccc(F)cc12. The molecular formula is C22H22FN3O3. The monoisotopic (exact) mass is 395 g/mol. The highest BCUT2D eigenvalue weighted by Gasteiger charge is 2.26. The van der Waals surface area contributed by atoms with Crippen LogP contribution in [-0.4, -0.2) is 11.9 Å². The van der Waals surface area contributed by atoms with E-state index in [2.05, 4.69) is 16.0 Å². The first-order valence-electron chi connectivity index (χ1n) is 9.50. The summed E-state index contributed by atoms with van der Waals surface area (Å²) in [4.78, 5) is 24.3. The Morgan fingerprint density at radius 1 is 1.21 bits per heavy atom. The lowest BCUT2D eigenvalue weighted by Gasteiger charge is -2.21. The van der Waals surface area contributed by atoms with Gasteiger partial charge in [0.2, 0.25) is 0 Å². The van der Waals surface area contributed by atoms with Crippen LogP contribution in [-0.2, 0) is 6.54 Å². The zero-order chi connectivity index (χ0) is 20.7. The van der Waals surface area contributed by atoms with Crippen molar-refractivity contribution < 1.29 is 18.4 Å². The van der Waals surface area contributed by atoms with Crippen molar-refractivity contribution in [2.75, 3.05) is 5.32 Å². The van der Waals surface area contributed by atoms with Gasteiger partial charge in [-0.05, 0) is 54.8 Å². The molecule has 150 valence electrons. The van der Waals surface area contributed by atoms with Crippen LogP contribution in [0.25, 0.3) is 11.0 Å². The maximum atomic E-state index is 13.6. The quantitative estimate of drug-likeness (QED) is 0.602. The van der Waals surface area contributed by atoms with Crippen LogP contribution in [0.4, 0.5) is 14.9 Å². The minimum Gasteiger partial charge on any atom is -0.459 e. The normalized spacial score (nSPS) is 14.0. The second-order valence-corrected chi connectivity index (χ2v) is 7.61. The molecule has 2 aromatic carbocycles. The highest BCUT2D eigenvalue weighted by atomic mass is 19.1. The number of carbonyl (C=O) groups excluding carboxylic acids is 2. The number of fused-ring (bicyclic) bond motifs is 2. The Hall–Kier alpha value is -3.35. The molecule has 3 N–H and O–H groups in total. The summed E-state index contributed by atoms with van der Waals surface area (Å²) in [6.07, 6.45) is 0. The Labute approximate surface area is 167 Å². The number of carbonyl (C=O) groups is 2. The molecule has 1 aliphatic rings. The lowest BCUT2D eigenvalue weighted by atomic mass is 9.98. The number of anilines is 1. The molecule has 7 heteroatoms. The lowest BCUT2D eigenvalue weighted by Crippen LogP contribution is -2.35. The fourth-order valence-electron chi connectivity index (χ4n) is 3.66. The molecule has 29 heavy (non-hydrogen) atoms. The molecule has 3 amide bonds. The molecular weight excluding hydrogens is 373 g/mol. The van der Waals surface area contributed by atoms with Gasteiger partial charge in [0.05, 0.1) is 6.04 Å². The highest BCUT2D eigenvalue weighted by Crippen LogP contribution is 2.33. The molecule has 3 aromatic rings. The molecule has 0 saturated carbocycles. The van der Waals surface area contributed by atoms with Crippen LogP contribution in [0.3, 0.4) is 0 Å². The van der Waals surface area contributed by atoms with Crippen molar-refractivity contribution in [3.63, 3.8) is 0 Å². The molecule has 0 bridgehead atoms. The molecule has 1 aromatic heterocycles. The topological polar surface area (TPSA) is 83.4 Å². The Balaban J connectivity index is 1.55. The Kier molecular flexibility index (Phi) is 4.74. The fourth-order valence-corrected chi connectivity index (χ4v) is 3.66. The molecule has 4 rings (SSSR count). The molecule has 0 radical (unpaired) electrons. The lowest BCUT2D eigenvalue weighted by molar-refractivity contribution is 0.0965. The molecule has 1 aliphatic heterocycles. The Bertz CT molecular complexity index is 1120. The number of amides is 3. The zero-order valence-electron chi connectivity index (χ0n) is 16.4. The molecule has 0 saturated heterocycles. The Morgan fingerprint density at radius 2 is 2.00 bits per heavy atom. The summed E-state index contributed by atoms with van der Waals surface area (Å²) in [5, 5.41) is 9.22. The van der Waals surface area contributed by atoms with Crippen LogP contribution < -0.4 is 16.0 Å². The number of nitrogens with one attached hydrogen (secondary N) is 3. The van der Waals surface area contributed by atoms with Gasteiger partial charge in [0.15, 0.2) is 0 Å². The van der Waals surface area contributed by atoms with Gasteiger partial charge >= 0.3 is 6.03 Å². The van der Waals surface area contributed by atoms with Crippen molar-refractivity contribution in [1.82, 2.24) is 10.6 Å². The summed E-state index contributed by atoms with van der Waals surface area (Å²) in [7, 11) is 0. The third-order valence-electron chi connectivity index (χ3n) is 5.22. The molecule has 6 nitrogen and oxygen atoms in total. The zero-order valence-corrected chi connectivity index (χ0v) is 16.4. The molecule has 0 fully saturated rings. The highest BCUT2D eigenvalue weighted by molar-refractivity contribution is 5.99. The predicted octanol–water partition coefficient (Wildman–Crippen LogP) is 4.64. The first-order valence-corrected chi connectivity index (χ1v) is 9.50. The van der Waals surface area contributed by atoms with Gasteiger partial charge in [0.1, 0.15) is 17.2 Å². The van der Waals surface area contributed by atoms with Crippen LogP contribution in [0.5, 0.6) is 0 Å². The molecule has 2 heterocycles. The smallest absolute Gasteiger partial charge is 0.319 e. The van der Waals surface area contributed by atoms with Crippen molar-refractivity contribution in [2.45, 2.75) is 33.4 Å². The third kappa shape index (κ3) is 3.55. The van der Waals surface area contributed by atoms with Gasteiger partial charge in [-0.1, -0.05) is 13.8 Å². The number of hydrogen-bond donors (Lipinski definition) is 3. The maximum Gasteiger partial charge on any atom is 0.319 e. The van der Waals surface area contributed by atoms with Crippen LogP contribution in [0.1, 0.15) is 47.1 Å². The minimum atomic E-state index is -0.386. The van der Waals surface area contributed by atoms with Crippen LogP contribution in [0, 0.1) is 18.7 Å². The number of benzene rings is 2. The number of rotatable bonds is 4. The summed E-state index contributed by atoms with van der Waals surface area (Å²) in [5.41, 5.74) is 3.47. The van der Waals surface area contributed by atoms with E-state index < -0.39 is 0 Å². The van der Waals surface area contributed by atoms with Gasteiger partial charge in [-0.3, -0.25) is 4.79 Å². The largest absolute Gasteiger partial charge is 0.459 e. The van der Waals surface area contributed by atoms with E-state index in [9.17, 15) is 14.0 Å². The number of halogens is 1. The Morgan fingerprint density at radius 3 is 2.76 bits per heavy atom. The van der Waals surface area contributed by atoms with Crippen molar-refractivity contribution in [1.29, 1.82) is 0 Å². The average molecular weight is 395 g/mol. The van der Waals surface area contributed by atoms with Gasteiger partial charge in [0.25, 0.3) is 5.91 Å². The first kappa shape index (κ1) is 19.0. The second-order valence-electron chi connectivity index (χ2n) is 7.61. The van der Waals surface area contributed by atoms with Crippen molar-refractivity contribution >= 4 is 28.6 Å². The fraction of sp³-hybridized carbons (Fsp3) is 0.273. The molecule has 0 unspecified atom stereocenters. The van der Waals surface area contributed by atoms with E-state index in [0.717, 1.165) is 11.1 Å². The molecule has 0 spiro atoms. The van der Waals surface area contributed by atoms with E-state index in [0.29, 0.717) is 34.5 Å². The average Bonchev–Trinajstić information content (AvgIpc) is 3.20. The maximum absolute atomic E-state index is 13.6. The van der Waals surface area contributed by atoms with Crippen LogP contribution in [0.15, 0.2) is 40.8 Å². The van der Waals surface area contributed by atoms with Gasteiger partial charge < -0.3 is 20.4 Å². The standard InChI is InChI=1S/C22H22FN3O3/c1-11(2)19(20-12(3)17-9-14(23)4-7-18(17)29-20)26-22(28)25-15-5-6-16-13(8-15)10-24-21(16)27/h4-9,11,19H,10H2,1-3H3,(H,24,27)(H2,25,26,28)/t19-/m1/s1. The van der Waals surface area contributed by atoms with E-state index in [1.54, 1.807) is 24.3 Å². The number of hydrogen-bond acceptors (Lipinski definition) is 3. The summed E-state index contributed by atoms with van der Waals surface area (Å²) in [6, 6.07) is 8.80. The van der Waals surface area contributed by atoms with Gasteiger partial charge in [-0.15, -0.1) is 0 Å². The van der Waals surface area contributed by atoms with Gasteiger partial charge in [-0.25, -0.2) is 9.18 Å². The first-order chi connectivity index (χ1) is 13.8. The minimum absolute atomic E-state index is 0.0479. The van der Waals surface area contributed by atoms with Crippen LogP contribution in [0.2, 0.25) is 0 Å². The number of aryl methyl sites for hydroxylation is 1. The molecule has 1 atom stereocenters. The summed E-state index contributed by atoms with van der Waals surface area (Å²) >= 11 is 0. The summed E-state index contributed by atoms with van der Waals surface area (Å²) in [5.74, 6) is 0.225. The van der Waals surface area contributed by atoms with E-state index in [1.807, 2.05) is 20.8 Å². The van der Waals surface area contributed by atoms with E-state index in [4.69, 9.17) is 4.42 Å². The molecule has 0 aliphatic carbocycles. The predicted molar refractivity (Wildman–Crippen MR) is 108 cm³/mol. The number of urea groups is 1.